The Morgan fingerprint density at radius 2 is 1.08 bits per heavy atom. The van der Waals surface area contributed by atoms with Crippen LogP contribution in [0.1, 0.15) is 39.0 Å². The SMILES string of the molecule is CCCCCCC(F)(F)C(F)(F)C(F)(F)C(F)(F)C[Si](OC)(OC)OC. The molecule has 0 aliphatic carbocycles. The minimum Gasteiger partial charge on any atom is -0.377 e. The van der Waals surface area contributed by atoms with Gasteiger partial charge in [-0.2, -0.15) is 35.1 Å². The fourth-order valence-corrected chi connectivity index (χ4v) is 3.94. The highest BCUT2D eigenvalue weighted by molar-refractivity contribution is 6.60. The molecule has 3 nitrogen and oxygen atoms in total. The van der Waals surface area contributed by atoms with Crippen molar-refractivity contribution < 1.29 is 48.4 Å². The summed E-state index contributed by atoms with van der Waals surface area (Å²) in [6.07, 6.45) is -1.01. The van der Waals surface area contributed by atoms with Crippen LogP contribution in [0.15, 0.2) is 0 Å². The zero-order valence-corrected chi connectivity index (χ0v) is 16.0. The second kappa shape index (κ2) is 9.15. The van der Waals surface area contributed by atoms with Gasteiger partial charge < -0.3 is 13.3 Å². The van der Waals surface area contributed by atoms with Crippen LogP contribution >= 0.6 is 0 Å². The van der Waals surface area contributed by atoms with Crippen LogP contribution in [0, 0.1) is 0 Å². The molecule has 0 saturated carbocycles. The molecule has 158 valence electrons. The topological polar surface area (TPSA) is 27.7 Å². The van der Waals surface area contributed by atoms with Crippen molar-refractivity contribution in [3.63, 3.8) is 0 Å². The summed E-state index contributed by atoms with van der Waals surface area (Å²) in [6, 6.07) is -2.09. The number of alkyl halides is 8. The van der Waals surface area contributed by atoms with Gasteiger partial charge in [0.25, 0.3) is 0 Å². The summed E-state index contributed by atoms with van der Waals surface area (Å²) in [7, 11) is -2.05. The van der Waals surface area contributed by atoms with Crippen molar-refractivity contribution in [1.29, 1.82) is 0 Å². The van der Waals surface area contributed by atoms with Crippen molar-refractivity contribution in [2.75, 3.05) is 21.3 Å². The predicted octanol–water partition coefficient (Wildman–Crippen LogP) is 5.38. The summed E-state index contributed by atoms with van der Waals surface area (Å²) >= 11 is 0. The minimum atomic E-state index is -6.35. The van der Waals surface area contributed by atoms with Gasteiger partial charge in [0.15, 0.2) is 0 Å². The average molecular weight is 420 g/mol. The zero-order valence-electron chi connectivity index (χ0n) is 15.0. The molecule has 0 rings (SSSR count). The van der Waals surface area contributed by atoms with E-state index in [2.05, 4.69) is 13.3 Å². The van der Waals surface area contributed by atoms with Gasteiger partial charge in [-0.1, -0.05) is 26.2 Å². The van der Waals surface area contributed by atoms with Gasteiger partial charge in [0.05, 0.1) is 6.04 Å². The highest BCUT2D eigenvalue weighted by Gasteiger charge is 2.81. The molecule has 0 aromatic heterocycles. The van der Waals surface area contributed by atoms with Gasteiger partial charge in [0.2, 0.25) is 0 Å². The lowest BCUT2D eigenvalue weighted by molar-refractivity contribution is -0.364. The van der Waals surface area contributed by atoms with Gasteiger partial charge in [0, 0.05) is 27.8 Å². The monoisotopic (exact) mass is 420 g/mol. The Bertz CT molecular complexity index is 422. The summed E-state index contributed by atoms with van der Waals surface area (Å²) in [4.78, 5) is 0. The summed E-state index contributed by atoms with van der Waals surface area (Å²) in [5.74, 6) is -23.5. The third-order valence-electron chi connectivity index (χ3n) is 4.03. The predicted molar refractivity (Wildman–Crippen MR) is 80.1 cm³/mol. The molecule has 0 unspecified atom stereocenters. The van der Waals surface area contributed by atoms with Gasteiger partial charge >= 0.3 is 32.5 Å². The van der Waals surface area contributed by atoms with E-state index in [1.165, 1.54) is 0 Å². The second-order valence-corrected chi connectivity index (χ2v) is 8.78. The molecule has 12 heteroatoms. The summed E-state index contributed by atoms with van der Waals surface area (Å²) in [5, 5.41) is 0. The number of halogens is 8. The molecular weight excluding hydrogens is 396 g/mol. The Hall–Kier alpha value is -0.463. The van der Waals surface area contributed by atoms with E-state index in [4.69, 9.17) is 0 Å². The van der Waals surface area contributed by atoms with Crippen molar-refractivity contribution in [2.45, 2.75) is 68.8 Å². The zero-order chi connectivity index (χ0) is 20.9. The van der Waals surface area contributed by atoms with Crippen molar-refractivity contribution in [1.82, 2.24) is 0 Å². The van der Waals surface area contributed by atoms with E-state index in [-0.39, 0.29) is 6.42 Å². The molecule has 0 amide bonds. The molecule has 0 aliphatic rings. The van der Waals surface area contributed by atoms with Crippen LogP contribution in [0.3, 0.4) is 0 Å². The lowest BCUT2D eigenvalue weighted by Crippen LogP contribution is -2.64. The maximum Gasteiger partial charge on any atom is 0.506 e. The molecule has 0 heterocycles. The van der Waals surface area contributed by atoms with Crippen molar-refractivity contribution in [3.8, 4) is 0 Å². The summed E-state index contributed by atoms with van der Waals surface area (Å²) in [5.41, 5.74) is 0. The lowest BCUT2D eigenvalue weighted by Gasteiger charge is -2.38. The largest absolute Gasteiger partial charge is 0.506 e. The first kappa shape index (κ1) is 25.5. The first-order chi connectivity index (χ1) is 11.7. The number of hydrogen-bond acceptors (Lipinski definition) is 3. The minimum absolute atomic E-state index is 0.0944. The number of rotatable bonds is 13. The summed E-state index contributed by atoms with van der Waals surface area (Å²) < 4.78 is 124. The Morgan fingerprint density at radius 3 is 1.46 bits per heavy atom. The number of unbranched alkanes of at least 4 members (excludes halogenated alkanes) is 3. The molecule has 26 heavy (non-hydrogen) atoms. The summed E-state index contributed by atoms with van der Waals surface area (Å²) in [6.45, 7) is 1.72. The molecule has 0 saturated heterocycles. The van der Waals surface area contributed by atoms with Crippen molar-refractivity contribution in [2.24, 2.45) is 0 Å². The van der Waals surface area contributed by atoms with Crippen LogP contribution < -0.4 is 0 Å². The van der Waals surface area contributed by atoms with Gasteiger partial charge in [-0.15, -0.1) is 0 Å². The first-order valence-corrected chi connectivity index (χ1v) is 9.80. The Labute approximate surface area is 148 Å². The molecule has 0 spiro atoms. The maximum atomic E-state index is 14.0. The van der Waals surface area contributed by atoms with Crippen molar-refractivity contribution >= 4 is 8.80 Å². The quantitative estimate of drug-likeness (QED) is 0.228. The third-order valence-corrected chi connectivity index (χ3v) is 6.77. The molecule has 0 aliphatic heterocycles. The van der Waals surface area contributed by atoms with Crippen LogP contribution in [0.5, 0.6) is 0 Å². The van der Waals surface area contributed by atoms with Gasteiger partial charge in [-0.05, 0) is 6.42 Å². The van der Waals surface area contributed by atoms with E-state index in [0.717, 1.165) is 21.3 Å². The highest BCUT2D eigenvalue weighted by Crippen LogP contribution is 2.56. The fraction of sp³-hybridized carbons (Fsp3) is 1.00. The third kappa shape index (κ3) is 5.07. The van der Waals surface area contributed by atoms with E-state index < -0.39 is 51.4 Å². The molecule has 0 bridgehead atoms. The van der Waals surface area contributed by atoms with E-state index in [1.807, 2.05) is 0 Å². The first-order valence-electron chi connectivity index (χ1n) is 7.87. The van der Waals surface area contributed by atoms with Crippen molar-refractivity contribution in [3.05, 3.63) is 0 Å². The van der Waals surface area contributed by atoms with Crippen LogP contribution in [0.4, 0.5) is 35.1 Å². The van der Waals surface area contributed by atoms with E-state index >= 15 is 0 Å². The molecular formula is C14H24F8O3Si. The van der Waals surface area contributed by atoms with Crippen LogP contribution in [0.25, 0.3) is 0 Å². The average Bonchev–Trinajstić information content (AvgIpc) is 2.56. The maximum absolute atomic E-state index is 14.0. The van der Waals surface area contributed by atoms with Crippen LogP contribution in [-0.2, 0) is 13.3 Å². The molecule has 0 aromatic rings. The van der Waals surface area contributed by atoms with Gasteiger partial charge in [-0.25, -0.2) is 0 Å². The van der Waals surface area contributed by atoms with Gasteiger partial charge in [-0.3, -0.25) is 0 Å². The Balaban J connectivity index is 5.57. The van der Waals surface area contributed by atoms with Crippen LogP contribution in [-0.4, -0.2) is 53.8 Å². The number of hydrogen-bond donors (Lipinski definition) is 0. The van der Waals surface area contributed by atoms with E-state index in [9.17, 15) is 35.1 Å². The molecule has 0 aromatic carbocycles. The fourth-order valence-electron chi connectivity index (χ4n) is 2.24. The van der Waals surface area contributed by atoms with E-state index in [0.29, 0.717) is 12.8 Å². The highest BCUT2D eigenvalue weighted by atomic mass is 28.4. The normalized spacial score (nSPS) is 14.8. The van der Waals surface area contributed by atoms with Crippen LogP contribution in [0.2, 0.25) is 6.04 Å². The van der Waals surface area contributed by atoms with Gasteiger partial charge in [0.1, 0.15) is 0 Å². The van der Waals surface area contributed by atoms with E-state index in [1.54, 1.807) is 6.92 Å². The smallest absolute Gasteiger partial charge is 0.377 e. The molecule has 0 N–H and O–H groups in total. The standard InChI is InChI=1S/C14H24F8O3Si/c1-5-6-7-8-9-11(15,16)13(19,20)14(21,22)12(17,18)10-26(23-2,24-3)25-4/h5-10H2,1-4H3. The molecule has 0 atom stereocenters. The molecule has 0 radical (unpaired) electrons. The lowest BCUT2D eigenvalue weighted by atomic mass is 9.95. The second-order valence-electron chi connectivity index (χ2n) is 5.84. The Kier molecular flexibility index (Phi) is 8.99. The Morgan fingerprint density at radius 1 is 0.654 bits per heavy atom. The molecule has 0 fully saturated rings.